The predicted octanol–water partition coefficient (Wildman–Crippen LogP) is 7.97. The average Bonchev–Trinajstić information content (AvgIpc) is 2.89. The molecule has 5 rings (SSSR count). The molecule has 0 amide bonds. The Morgan fingerprint density at radius 2 is 1.56 bits per heavy atom. The van der Waals surface area contributed by atoms with Gasteiger partial charge in [0.15, 0.2) is 11.6 Å². The number of carbonyl (C=O) groups excluding carboxylic acids is 1. The van der Waals surface area contributed by atoms with Crippen LogP contribution in [-0.2, 0) is 10.2 Å². The fourth-order valence-electron chi connectivity index (χ4n) is 6.03. The molecule has 0 saturated heterocycles. The van der Waals surface area contributed by atoms with Gasteiger partial charge in [-0.25, -0.2) is 14.8 Å². The number of rotatable bonds is 11. The molecule has 4 nitrogen and oxygen atoms in total. The fraction of sp³-hybridized carbons (Fsp3) is 0.567. The number of nitrogens with zero attached hydrogens (tertiary/aromatic N) is 2. The van der Waals surface area contributed by atoms with E-state index in [1.165, 1.54) is 88.7 Å². The molecule has 182 valence electrons. The minimum Gasteiger partial charge on any atom is -0.420 e. The molecule has 0 unspecified atom stereocenters. The first-order valence-corrected chi connectivity index (χ1v) is 13.4. The third-order valence-corrected chi connectivity index (χ3v) is 8.30. The monoisotopic (exact) mass is 460 g/mol. The van der Waals surface area contributed by atoms with Crippen LogP contribution in [0.4, 0.5) is 0 Å². The molecule has 3 saturated carbocycles. The van der Waals surface area contributed by atoms with E-state index in [-0.39, 0.29) is 0 Å². The molecule has 3 aliphatic rings. The molecule has 3 aliphatic carbocycles. The second-order valence-electron chi connectivity index (χ2n) is 10.5. The van der Waals surface area contributed by atoms with Crippen molar-refractivity contribution in [3.05, 3.63) is 54.4 Å². The summed E-state index contributed by atoms with van der Waals surface area (Å²) in [5.41, 5.74) is 3.49. The largest absolute Gasteiger partial charge is 0.420 e. The molecule has 0 N–H and O–H groups in total. The van der Waals surface area contributed by atoms with Gasteiger partial charge < -0.3 is 4.74 Å². The summed E-state index contributed by atoms with van der Waals surface area (Å²) < 4.78 is 5.24. The Morgan fingerprint density at radius 1 is 0.912 bits per heavy atom. The number of aromatic nitrogens is 2. The summed E-state index contributed by atoms with van der Waals surface area (Å²) in [4.78, 5) is 20.5. The number of benzene rings is 1. The standard InChI is InChI=1S/C30H40N2O2/c1-3-5-7-8-9-15-29-16-19-30(20-17-29,21-18-29)25-13-11-24(12-14-25)28-31-22-26(23-32-28)34-27(33)10-6-4-2/h6,10-14,22-23H,3-5,7-9,15-21H2,1-2H3/b10-6+. The lowest BCUT2D eigenvalue weighted by atomic mass is 9.51. The van der Waals surface area contributed by atoms with Crippen LogP contribution in [-0.4, -0.2) is 15.9 Å². The summed E-state index contributed by atoms with van der Waals surface area (Å²) in [6, 6.07) is 8.90. The van der Waals surface area contributed by atoms with Crippen LogP contribution >= 0.6 is 0 Å². The molecule has 2 aromatic rings. The lowest BCUT2D eigenvalue weighted by Crippen LogP contribution is -2.44. The first-order valence-electron chi connectivity index (χ1n) is 13.4. The van der Waals surface area contributed by atoms with Crippen molar-refractivity contribution >= 4 is 5.97 Å². The highest BCUT2D eigenvalue weighted by Crippen LogP contribution is 2.59. The zero-order valence-corrected chi connectivity index (χ0v) is 21.0. The molecule has 34 heavy (non-hydrogen) atoms. The Balaban J connectivity index is 1.34. The van der Waals surface area contributed by atoms with E-state index in [0.717, 1.165) is 12.0 Å². The van der Waals surface area contributed by atoms with E-state index in [1.54, 1.807) is 18.5 Å². The van der Waals surface area contributed by atoms with Gasteiger partial charge >= 0.3 is 5.97 Å². The van der Waals surface area contributed by atoms with E-state index in [0.29, 0.717) is 22.4 Å². The average molecular weight is 461 g/mol. The van der Waals surface area contributed by atoms with E-state index < -0.39 is 5.97 Å². The predicted molar refractivity (Wildman–Crippen MR) is 138 cm³/mol. The van der Waals surface area contributed by atoms with Gasteiger partial charge in [0.05, 0.1) is 12.4 Å². The highest BCUT2D eigenvalue weighted by molar-refractivity contribution is 5.83. The Morgan fingerprint density at radius 3 is 2.18 bits per heavy atom. The number of fused-ring (bicyclic) bond motifs is 3. The van der Waals surface area contributed by atoms with Crippen molar-refractivity contribution < 1.29 is 9.53 Å². The molecule has 0 spiro atoms. The van der Waals surface area contributed by atoms with Crippen LogP contribution < -0.4 is 4.74 Å². The lowest BCUT2D eigenvalue weighted by Gasteiger charge is -2.54. The van der Waals surface area contributed by atoms with Crippen molar-refractivity contribution in [2.75, 3.05) is 0 Å². The van der Waals surface area contributed by atoms with Crippen molar-refractivity contribution in [3.63, 3.8) is 0 Å². The van der Waals surface area contributed by atoms with E-state index in [9.17, 15) is 4.79 Å². The van der Waals surface area contributed by atoms with Gasteiger partial charge in [-0.1, -0.05) is 76.3 Å². The van der Waals surface area contributed by atoms with Crippen molar-refractivity contribution in [2.24, 2.45) is 5.41 Å². The third kappa shape index (κ3) is 5.76. The van der Waals surface area contributed by atoms with Crippen LogP contribution in [0.2, 0.25) is 0 Å². The maximum absolute atomic E-state index is 11.7. The van der Waals surface area contributed by atoms with Crippen LogP contribution in [0.25, 0.3) is 11.4 Å². The highest BCUT2D eigenvalue weighted by Gasteiger charge is 2.48. The van der Waals surface area contributed by atoms with Crippen LogP contribution in [0.15, 0.2) is 48.8 Å². The van der Waals surface area contributed by atoms with Gasteiger partial charge in [0, 0.05) is 11.6 Å². The molecular weight excluding hydrogens is 420 g/mol. The lowest BCUT2D eigenvalue weighted by molar-refractivity contribution is -0.129. The minimum atomic E-state index is -0.401. The van der Waals surface area contributed by atoms with E-state index in [4.69, 9.17) is 4.74 Å². The van der Waals surface area contributed by atoms with E-state index >= 15 is 0 Å². The minimum absolute atomic E-state index is 0.364. The first-order chi connectivity index (χ1) is 16.6. The van der Waals surface area contributed by atoms with Gasteiger partial charge in [0.2, 0.25) is 0 Å². The number of allylic oxidation sites excluding steroid dienone is 1. The molecule has 1 aromatic carbocycles. The number of esters is 1. The summed E-state index contributed by atoms with van der Waals surface area (Å²) in [6.07, 6.45) is 23.8. The number of hydrogen-bond donors (Lipinski definition) is 0. The molecule has 0 aliphatic heterocycles. The van der Waals surface area contributed by atoms with Gasteiger partial charge in [-0.3, -0.25) is 0 Å². The van der Waals surface area contributed by atoms with Gasteiger partial charge in [0.1, 0.15) is 0 Å². The second kappa shape index (κ2) is 11.3. The quantitative estimate of drug-likeness (QED) is 0.194. The van der Waals surface area contributed by atoms with Crippen molar-refractivity contribution in [1.82, 2.24) is 9.97 Å². The molecule has 2 bridgehead atoms. The summed E-state index contributed by atoms with van der Waals surface area (Å²) in [5.74, 6) is 0.618. The first kappa shape index (κ1) is 24.6. The number of unbranched alkanes of at least 4 members (excludes halogenated alkanes) is 4. The van der Waals surface area contributed by atoms with Crippen LogP contribution in [0.3, 0.4) is 0 Å². The molecular formula is C30H40N2O2. The smallest absolute Gasteiger partial charge is 0.335 e. The summed E-state index contributed by atoms with van der Waals surface area (Å²) in [5, 5.41) is 0. The Hall–Kier alpha value is -2.49. The second-order valence-corrected chi connectivity index (χ2v) is 10.5. The third-order valence-electron chi connectivity index (χ3n) is 8.30. The van der Waals surface area contributed by atoms with E-state index in [2.05, 4.69) is 41.2 Å². The Labute approximate surface area is 205 Å². The van der Waals surface area contributed by atoms with Gasteiger partial charge in [-0.15, -0.1) is 0 Å². The number of ether oxygens (including phenoxy) is 1. The fourth-order valence-corrected chi connectivity index (χ4v) is 6.03. The summed E-state index contributed by atoms with van der Waals surface area (Å²) >= 11 is 0. The highest BCUT2D eigenvalue weighted by atomic mass is 16.5. The molecule has 1 aromatic heterocycles. The van der Waals surface area contributed by atoms with Crippen LogP contribution in [0.5, 0.6) is 5.75 Å². The van der Waals surface area contributed by atoms with Crippen LogP contribution in [0, 0.1) is 5.41 Å². The van der Waals surface area contributed by atoms with E-state index in [1.807, 2.05) is 6.92 Å². The van der Waals surface area contributed by atoms with Crippen molar-refractivity contribution in [2.45, 2.75) is 103 Å². The topological polar surface area (TPSA) is 52.1 Å². The van der Waals surface area contributed by atoms with Crippen molar-refractivity contribution in [3.8, 4) is 17.1 Å². The van der Waals surface area contributed by atoms with Crippen molar-refractivity contribution in [1.29, 1.82) is 0 Å². The molecule has 3 fully saturated rings. The molecule has 1 heterocycles. The Kier molecular flexibility index (Phi) is 8.18. The molecule has 4 heteroatoms. The van der Waals surface area contributed by atoms with Gasteiger partial charge in [-0.05, 0) is 67.8 Å². The van der Waals surface area contributed by atoms with Crippen LogP contribution in [0.1, 0.15) is 103 Å². The SMILES string of the molecule is CC/C=C/C(=O)Oc1cnc(-c2ccc(C34CCC(CCCCCCC)(CC3)CC4)cc2)nc1. The zero-order valence-electron chi connectivity index (χ0n) is 21.0. The maximum atomic E-state index is 11.7. The molecule has 0 radical (unpaired) electrons. The molecule has 0 atom stereocenters. The maximum Gasteiger partial charge on any atom is 0.335 e. The number of hydrogen-bond acceptors (Lipinski definition) is 4. The summed E-state index contributed by atoms with van der Waals surface area (Å²) in [7, 11) is 0. The van der Waals surface area contributed by atoms with Gasteiger partial charge in [0.25, 0.3) is 0 Å². The zero-order chi connectivity index (χ0) is 23.9. The summed E-state index contributed by atoms with van der Waals surface area (Å²) in [6.45, 7) is 4.26. The normalized spacial score (nSPS) is 23.9. The Bertz CT molecular complexity index is 938. The van der Waals surface area contributed by atoms with Gasteiger partial charge in [-0.2, -0.15) is 0 Å². The number of carbonyl (C=O) groups is 1.